The van der Waals surface area contributed by atoms with E-state index in [9.17, 15) is 0 Å². The van der Waals surface area contributed by atoms with Gasteiger partial charge >= 0.3 is 0 Å². The van der Waals surface area contributed by atoms with Gasteiger partial charge in [-0.05, 0) is 29.0 Å². The van der Waals surface area contributed by atoms with Crippen LogP contribution in [0.2, 0.25) is 0 Å². The summed E-state index contributed by atoms with van der Waals surface area (Å²) >= 11 is 0. The number of rotatable bonds is 6. The number of fused-ring (bicyclic) bond motifs is 4. The highest BCUT2D eigenvalue weighted by Crippen LogP contribution is 2.42. The van der Waals surface area contributed by atoms with Crippen LogP contribution < -0.4 is 0 Å². The molecule has 0 saturated carbocycles. The Balaban J connectivity index is 1.30. The van der Waals surface area contributed by atoms with Crippen LogP contribution in [0.15, 0.2) is 174 Å². The molecular formula is C46H28N6O. The first-order valence-corrected chi connectivity index (χ1v) is 17.4. The zero-order valence-corrected chi connectivity index (χ0v) is 28.3. The fourth-order valence-corrected chi connectivity index (χ4v) is 6.87. The Morgan fingerprint density at radius 3 is 1.42 bits per heavy atom. The summed E-state index contributed by atoms with van der Waals surface area (Å²) in [7, 11) is 0. The van der Waals surface area contributed by atoms with Gasteiger partial charge in [-0.15, -0.1) is 0 Å². The molecule has 10 rings (SSSR count). The summed E-state index contributed by atoms with van der Waals surface area (Å²) in [6.45, 7) is 0. The van der Waals surface area contributed by atoms with Crippen LogP contribution in [0.25, 0.3) is 101 Å². The van der Waals surface area contributed by atoms with Crippen molar-refractivity contribution in [2.24, 2.45) is 0 Å². The van der Waals surface area contributed by atoms with E-state index < -0.39 is 0 Å². The first-order chi connectivity index (χ1) is 26.3. The molecule has 0 unspecified atom stereocenters. The maximum absolute atomic E-state index is 6.71. The van der Waals surface area contributed by atoms with Crippen LogP contribution in [0, 0.1) is 0 Å². The molecule has 3 heterocycles. The van der Waals surface area contributed by atoms with E-state index in [-0.39, 0.29) is 0 Å². The fraction of sp³-hybridized carbons (Fsp3) is 0. The van der Waals surface area contributed by atoms with Gasteiger partial charge in [-0.3, -0.25) is 0 Å². The number of benzene rings is 7. The van der Waals surface area contributed by atoms with E-state index in [1.54, 1.807) is 0 Å². The van der Waals surface area contributed by atoms with Crippen LogP contribution in [-0.4, -0.2) is 29.9 Å². The van der Waals surface area contributed by atoms with Gasteiger partial charge in [0.05, 0.1) is 5.56 Å². The third-order valence-electron chi connectivity index (χ3n) is 9.41. The Hall–Kier alpha value is -7.38. The first kappa shape index (κ1) is 30.4. The molecular weight excluding hydrogens is 653 g/mol. The van der Waals surface area contributed by atoms with Gasteiger partial charge in [0, 0.05) is 38.6 Å². The van der Waals surface area contributed by atoms with Crippen molar-refractivity contribution in [3.63, 3.8) is 0 Å². The van der Waals surface area contributed by atoms with Gasteiger partial charge in [0.25, 0.3) is 0 Å². The Morgan fingerprint density at radius 1 is 0.302 bits per heavy atom. The number of nitrogens with zero attached hydrogens (tertiary/aromatic N) is 6. The van der Waals surface area contributed by atoms with Crippen molar-refractivity contribution in [1.82, 2.24) is 29.9 Å². The Labute approximate surface area is 304 Å². The summed E-state index contributed by atoms with van der Waals surface area (Å²) < 4.78 is 6.71. The molecule has 53 heavy (non-hydrogen) atoms. The van der Waals surface area contributed by atoms with Crippen molar-refractivity contribution in [1.29, 1.82) is 0 Å². The number of hydrogen-bond acceptors (Lipinski definition) is 7. The average molecular weight is 681 g/mol. The highest BCUT2D eigenvalue weighted by molar-refractivity contribution is 6.12. The minimum absolute atomic E-state index is 0.450. The lowest BCUT2D eigenvalue weighted by atomic mass is 10.0. The lowest BCUT2D eigenvalue weighted by Gasteiger charge is -2.14. The predicted octanol–water partition coefficient (Wildman–Crippen LogP) is 11.1. The zero-order valence-electron chi connectivity index (χ0n) is 28.3. The molecule has 7 heteroatoms. The van der Waals surface area contributed by atoms with Crippen molar-refractivity contribution < 1.29 is 4.42 Å². The topological polar surface area (TPSA) is 90.5 Å². The van der Waals surface area contributed by atoms with Gasteiger partial charge in [0.15, 0.2) is 34.9 Å². The molecule has 0 fully saturated rings. The van der Waals surface area contributed by atoms with Gasteiger partial charge in [0.2, 0.25) is 0 Å². The number of hydrogen-bond donors (Lipinski definition) is 0. The maximum Gasteiger partial charge on any atom is 0.168 e. The summed E-state index contributed by atoms with van der Waals surface area (Å²) in [5, 5.41) is 4.09. The molecule has 0 N–H and O–H groups in total. The molecule has 0 amide bonds. The quantitative estimate of drug-likeness (QED) is 0.173. The van der Waals surface area contributed by atoms with E-state index >= 15 is 0 Å². The Kier molecular flexibility index (Phi) is 7.32. The van der Waals surface area contributed by atoms with E-state index in [1.807, 2.05) is 133 Å². The molecule has 0 saturated heterocycles. The van der Waals surface area contributed by atoms with E-state index in [0.29, 0.717) is 51.7 Å². The van der Waals surface area contributed by atoms with Crippen LogP contribution in [0.4, 0.5) is 0 Å². The molecule has 0 aliphatic rings. The molecule has 7 aromatic carbocycles. The second kappa shape index (κ2) is 12.7. The Bertz CT molecular complexity index is 2880. The smallest absolute Gasteiger partial charge is 0.168 e. The van der Waals surface area contributed by atoms with Crippen LogP contribution in [0.1, 0.15) is 0 Å². The van der Waals surface area contributed by atoms with E-state index in [1.165, 1.54) is 0 Å². The van der Waals surface area contributed by atoms with Gasteiger partial charge in [-0.2, -0.15) is 0 Å². The SMILES string of the molecule is c1ccc(-c2nc(-c3ccc4c(oc5ccccc54)c3-c3nc(-c4ccccc4)nc(-c4ccccc4)n3)nc(-c3cccc4ccccc34)n2)cc1. The second-order valence-corrected chi connectivity index (χ2v) is 12.7. The number of aromatic nitrogens is 6. The largest absolute Gasteiger partial charge is 0.455 e. The molecule has 0 spiro atoms. The third-order valence-corrected chi connectivity index (χ3v) is 9.41. The third kappa shape index (κ3) is 5.48. The van der Waals surface area contributed by atoms with E-state index in [4.69, 9.17) is 34.3 Å². The van der Waals surface area contributed by atoms with Crippen molar-refractivity contribution in [3.05, 3.63) is 170 Å². The van der Waals surface area contributed by atoms with Crippen molar-refractivity contribution in [2.45, 2.75) is 0 Å². The molecule has 248 valence electrons. The average Bonchev–Trinajstić information content (AvgIpc) is 3.62. The summed E-state index contributed by atoms with van der Waals surface area (Å²) in [5.74, 6) is 3.13. The molecule has 10 aromatic rings. The fourth-order valence-electron chi connectivity index (χ4n) is 6.87. The molecule has 3 aromatic heterocycles. The number of para-hydroxylation sites is 1. The van der Waals surface area contributed by atoms with Crippen LogP contribution >= 0.6 is 0 Å². The van der Waals surface area contributed by atoms with Crippen LogP contribution in [0.3, 0.4) is 0 Å². The lowest BCUT2D eigenvalue weighted by molar-refractivity contribution is 0.669. The summed E-state index contributed by atoms with van der Waals surface area (Å²) in [6, 6.07) is 56.5. The van der Waals surface area contributed by atoms with Gasteiger partial charge < -0.3 is 4.42 Å². The van der Waals surface area contributed by atoms with Crippen LogP contribution in [0.5, 0.6) is 0 Å². The van der Waals surface area contributed by atoms with Gasteiger partial charge in [-0.1, -0.05) is 152 Å². The molecule has 7 nitrogen and oxygen atoms in total. The van der Waals surface area contributed by atoms with Gasteiger partial charge in [0.1, 0.15) is 11.2 Å². The van der Waals surface area contributed by atoms with Crippen LogP contribution in [-0.2, 0) is 0 Å². The molecule has 0 bridgehead atoms. The molecule has 0 atom stereocenters. The monoisotopic (exact) mass is 680 g/mol. The summed E-state index contributed by atoms with van der Waals surface area (Å²) in [4.78, 5) is 30.7. The molecule has 0 aliphatic carbocycles. The Morgan fingerprint density at radius 2 is 0.774 bits per heavy atom. The highest BCUT2D eigenvalue weighted by atomic mass is 16.3. The van der Waals surface area contributed by atoms with E-state index in [0.717, 1.165) is 49.4 Å². The predicted molar refractivity (Wildman–Crippen MR) is 211 cm³/mol. The molecule has 0 radical (unpaired) electrons. The van der Waals surface area contributed by atoms with Crippen molar-refractivity contribution >= 4 is 32.7 Å². The maximum atomic E-state index is 6.71. The van der Waals surface area contributed by atoms with E-state index in [2.05, 4.69) is 36.4 Å². The normalized spacial score (nSPS) is 11.4. The lowest BCUT2D eigenvalue weighted by Crippen LogP contribution is -2.04. The minimum atomic E-state index is 0.450. The standard InChI is InChI=1S/C46H28N6O/c1-4-16-30(17-5-1)41-47-42(31-18-6-2-7-19-31)51-46(50-41)39-37(28-27-35-34-24-12-13-26-38(34)53-40(35)39)45-49-43(32-20-8-3-9-21-32)48-44(52-45)36-25-14-22-29-15-10-11-23-33(29)36/h1-28H. The number of furan rings is 1. The second-order valence-electron chi connectivity index (χ2n) is 12.7. The minimum Gasteiger partial charge on any atom is -0.455 e. The van der Waals surface area contributed by atoms with Gasteiger partial charge in [-0.25, -0.2) is 29.9 Å². The summed E-state index contributed by atoms with van der Waals surface area (Å²) in [6.07, 6.45) is 0. The van der Waals surface area contributed by atoms with Crippen molar-refractivity contribution in [3.8, 4) is 68.3 Å². The zero-order chi connectivity index (χ0) is 35.1. The molecule has 0 aliphatic heterocycles. The first-order valence-electron chi connectivity index (χ1n) is 17.4. The van der Waals surface area contributed by atoms with Crippen molar-refractivity contribution in [2.75, 3.05) is 0 Å². The summed E-state index contributed by atoms with van der Waals surface area (Å²) in [5.41, 5.74) is 6.31. The highest BCUT2D eigenvalue weighted by Gasteiger charge is 2.24.